The van der Waals surface area contributed by atoms with Gasteiger partial charge < -0.3 is 18.3 Å². The average Bonchev–Trinajstić information content (AvgIpc) is 3.02. The lowest BCUT2D eigenvalue weighted by atomic mass is 10.3. The summed E-state index contributed by atoms with van der Waals surface area (Å²) in [7, 11) is -3.25. The number of rotatable bonds is 9. The molecule has 0 amide bonds. The van der Waals surface area contributed by atoms with E-state index in [1.54, 1.807) is 13.8 Å². The Labute approximate surface area is 140 Å². The highest BCUT2D eigenvalue weighted by Crippen LogP contribution is 2.48. The lowest BCUT2D eigenvalue weighted by molar-refractivity contribution is 0.0757. The fourth-order valence-electron chi connectivity index (χ4n) is 2.38. The van der Waals surface area contributed by atoms with E-state index in [9.17, 15) is 9.12 Å². The van der Waals surface area contributed by atoms with Crippen molar-refractivity contribution in [3.05, 3.63) is 42.5 Å². The molecule has 23 heavy (non-hydrogen) atoms. The Bertz CT molecular complexity index is 541. The van der Waals surface area contributed by atoms with Gasteiger partial charge in [-0.15, -0.1) is 0 Å². The van der Waals surface area contributed by atoms with E-state index in [0.717, 1.165) is 4.90 Å². The maximum atomic E-state index is 12.7. The first-order valence-corrected chi connectivity index (χ1v) is 10.7. The third-order valence-electron chi connectivity index (χ3n) is 3.38. The Kier molecular flexibility index (Phi) is 7.34. The summed E-state index contributed by atoms with van der Waals surface area (Å²) >= 11 is -1.21. The minimum Gasteiger partial charge on any atom is -0.611 e. The zero-order chi connectivity index (χ0) is 16.7. The van der Waals surface area contributed by atoms with Gasteiger partial charge in [0.15, 0.2) is 10.1 Å². The van der Waals surface area contributed by atoms with Crippen LogP contribution in [0.15, 0.2) is 47.4 Å². The summed E-state index contributed by atoms with van der Waals surface area (Å²) in [4.78, 5) is 0.760. The Morgan fingerprint density at radius 1 is 1.22 bits per heavy atom. The van der Waals surface area contributed by atoms with Gasteiger partial charge in [-0.1, -0.05) is 24.3 Å². The molecular formula is C16H23O5PS. The Hall–Kier alpha value is -0.620. The van der Waals surface area contributed by atoms with Gasteiger partial charge in [-0.2, -0.15) is 0 Å². The maximum Gasteiger partial charge on any atom is 0.356 e. The van der Waals surface area contributed by atoms with Crippen LogP contribution in [0.1, 0.15) is 20.3 Å². The molecular weight excluding hydrogens is 335 g/mol. The van der Waals surface area contributed by atoms with E-state index in [1.807, 2.05) is 42.5 Å². The molecule has 3 unspecified atom stereocenters. The Morgan fingerprint density at radius 3 is 2.48 bits per heavy atom. The largest absolute Gasteiger partial charge is 0.611 e. The molecule has 3 atom stereocenters. The lowest BCUT2D eigenvalue weighted by Gasteiger charge is -2.25. The second-order valence-corrected chi connectivity index (χ2v) is 8.63. The number of ether oxygens (including phenoxy) is 1. The molecule has 128 valence electrons. The standard InChI is InChI=1S/C16H23O5PS/c1-3-20-22(17,21-4-2)13-19-15-11-8-12-16(15)23(18)14-9-6-5-7-10-14/h5-10,12,15-16H,3-4,11,13H2,1-2H3. The lowest BCUT2D eigenvalue weighted by Crippen LogP contribution is -2.32. The minimum atomic E-state index is -3.25. The highest BCUT2D eigenvalue weighted by atomic mass is 32.2. The van der Waals surface area contributed by atoms with Crippen molar-refractivity contribution in [1.29, 1.82) is 0 Å². The van der Waals surface area contributed by atoms with Crippen LogP contribution in [-0.2, 0) is 29.5 Å². The van der Waals surface area contributed by atoms with Crippen molar-refractivity contribution in [3.63, 3.8) is 0 Å². The van der Waals surface area contributed by atoms with Crippen molar-refractivity contribution < 1.29 is 22.9 Å². The normalized spacial score (nSPS) is 22.4. The predicted octanol–water partition coefficient (Wildman–Crippen LogP) is 3.73. The summed E-state index contributed by atoms with van der Waals surface area (Å²) in [5, 5.41) is -0.255. The van der Waals surface area contributed by atoms with Gasteiger partial charge in [0.25, 0.3) is 0 Å². The predicted molar refractivity (Wildman–Crippen MR) is 91.0 cm³/mol. The summed E-state index contributed by atoms with van der Waals surface area (Å²) in [6, 6.07) is 9.29. The van der Waals surface area contributed by atoms with Crippen molar-refractivity contribution in [2.75, 3.05) is 19.6 Å². The fourth-order valence-corrected chi connectivity index (χ4v) is 5.22. The van der Waals surface area contributed by atoms with Gasteiger partial charge in [0.1, 0.15) is 12.5 Å². The monoisotopic (exact) mass is 358 g/mol. The van der Waals surface area contributed by atoms with E-state index in [-0.39, 0.29) is 17.7 Å². The van der Waals surface area contributed by atoms with Gasteiger partial charge in [0.05, 0.1) is 13.2 Å². The molecule has 0 spiro atoms. The highest BCUT2D eigenvalue weighted by molar-refractivity contribution is 7.92. The zero-order valence-corrected chi connectivity index (χ0v) is 15.1. The van der Waals surface area contributed by atoms with E-state index in [0.29, 0.717) is 19.6 Å². The molecule has 0 saturated carbocycles. The van der Waals surface area contributed by atoms with Crippen LogP contribution in [0.3, 0.4) is 0 Å². The van der Waals surface area contributed by atoms with E-state index in [1.165, 1.54) is 0 Å². The van der Waals surface area contributed by atoms with Crippen molar-refractivity contribution in [2.24, 2.45) is 0 Å². The highest BCUT2D eigenvalue weighted by Gasteiger charge is 2.37. The van der Waals surface area contributed by atoms with Gasteiger partial charge >= 0.3 is 7.60 Å². The van der Waals surface area contributed by atoms with Gasteiger partial charge in [0.2, 0.25) is 0 Å². The molecule has 0 heterocycles. The number of benzene rings is 1. The molecule has 2 rings (SSSR count). The summed E-state index contributed by atoms with van der Waals surface area (Å²) in [5.41, 5.74) is 0. The summed E-state index contributed by atoms with van der Waals surface area (Å²) in [6.07, 6.45) is 4.08. The van der Waals surface area contributed by atoms with Gasteiger partial charge in [-0.25, -0.2) is 0 Å². The van der Waals surface area contributed by atoms with E-state index < -0.39 is 18.8 Å². The summed E-state index contributed by atoms with van der Waals surface area (Å²) < 4.78 is 41.3. The average molecular weight is 358 g/mol. The van der Waals surface area contributed by atoms with Gasteiger partial charge in [0, 0.05) is 0 Å². The topological polar surface area (TPSA) is 67.8 Å². The third-order valence-corrected chi connectivity index (χ3v) is 6.84. The molecule has 5 nitrogen and oxygen atoms in total. The number of hydrogen-bond donors (Lipinski definition) is 0. The molecule has 0 fully saturated rings. The summed E-state index contributed by atoms with van der Waals surface area (Å²) in [5.74, 6) is 0. The zero-order valence-electron chi connectivity index (χ0n) is 13.4. The van der Waals surface area contributed by atoms with E-state index in [2.05, 4.69) is 0 Å². The van der Waals surface area contributed by atoms with Crippen LogP contribution in [0.4, 0.5) is 0 Å². The fraction of sp³-hybridized carbons (Fsp3) is 0.500. The second kappa shape index (κ2) is 9.02. The van der Waals surface area contributed by atoms with Crippen LogP contribution in [0.5, 0.6) is 0 Å². The molecule has 0 saturated heterocycles. The molecule has 0 N–H and O–H groups in total. The number of hydrogen-bond acceptors (Lipinski definition) is 5. The molecule has 0 aliphatic heterocycles. The molecule has 1 aliphatic rings. The SMILES string of the molecule is CCOP(=O)(COC1CC=CC1[S+]([O-])c1ccccc1)OCC. The van der Waals surface area contributed by atoms with Crippen LogP contribution in [0, 0.1) is 0 Å². The quantitative estimate of drug-likeness (QED) is 0.382. The van der Waals surface area contributed by atoms with E-state index in [4.69, 9.17) is 13.8 Å². The van der Waals surface area contributed by atoms with E-state index >= 15 is 0 Å². The molecule has 1 aliphatic carbocycles. The van der Waals surface area contributed by atoms with Crippen LogP contribution < -0.4 is 0 Å². The first-order valence-electron chi connectivity index (χ1n) is 7.71. The third kappa shape index (κ3) is 5.18. The molecule has 0 radical (unpaired) electrons. The smallest absolute Gasteiger partial charge is 0.356 e. The van der Waals surface area contributed by atoms with Gasteiger partial charge in [-0.05, 0) is 49.7 Å². The first kappa shape index (κ1) is 18.7. The van der Waals surface area contributed by atoms with Crippen molar-refractivity contribution in [1.82, 2.24) is 0 Å². The van der Waals surface area contributed by atoms with Crippen molar-refractivity contribution >= 4 is 18.8 Å². The van der Waals surface area contributed by atoms with Crippen LogP contribution >= 0.6 is 7.60 Å². The van der Waals surface area contributed by atoms with Crippen LogP contribution in [-0.4, -0.2) is 35.5 Å². The molecule has 1 aromatic carbocycles. The Morgan fingerprint density at radius 2 is 1.87 bits per heavy atom. The van der Waals surface area contributed by atoms with Crippen molar-refractivity contribution in [2.45, 2.75) is 36.5 Å². The molecule has 7 heteroatoms. The Balaban J connectivity index is 1.98. The molecule has 1 aromatic rings. The maximum absolute atomic E-state index is 12.7. The minimum absolute atomic E-state index is 0.122. The van der Waals surface area contributed by atoms with Crippen molar-refractivity contribution in [3.8, 4) is 0 Å². The van der Waals surface area contributed by atoms with Gasteiger partial charge in [-0.3, -0.25) is 4.57 Å². The molecule has 0 bridgehead atoms. The van der Waals surface area contributed by atoms with Crippen LogP contribution in [0.2, 0.25) is 0 Å². The molecule has 0 aromatic heterocycles. The summed E-state index contributed by atoms with van der Waals surface area (Å²) in [6.45, 7) is 4.11. The first-order chi connectivity index (χ1) is 11.1. The van der Waals surface area contributed by atoms with Crippen LogP contribution in [0.25, 0.3) is 0 Å². The second-order valence-electron chi connectivity index (χ2n) is 5.02.